The van der Waals surface area contributed by atoms with Crippen molar-refractivity contribution in [3.63, 3.8) is 0 Å². The van der Waals surface area contributed by atoms with E-state index in [9.17, 15) is 0 Å². The van der Waals surface area contributed by atoms with Crippen LogP contribution in [0.4, 0.5) is 17.5 Å². The van der Waals surface area contributed by atoms with E-state index in [0.717, 1.165) is 38.4 Å². The van der Waals surface area contributed by atoms with E-state index >= 15 is 0 Å². The molecule has 0 bridgehead atoms. The van der Waals surface area contributed by atoms with Crippen LogP contribution >= 0.6 is 0 Å². The summed E-state index contributed by atoms with van der Waals surface area (Å²) in [5.41, 5.74) is 4.80. The van der Waals surface area contributed by atoms with E-state index in [1.54, 1.807) is 12.4 Å². The van der Waals surface area contributed by atoms with Gasteiger partial charge in [-0.1, -0.05) is 13.0 Å². The third kappa shape index (κ3) is 3.68. The minimum Gasteiger partial charge on any atom is -0.338 e. The first-order valence-corrected chi connectivity index (χ1v) is 9.44. The van der Waals surface area contributed by atoms with E-state index in [-0.39, 0.29) is 0 Å². The van der Waals surface area contributed by atoms with Crippen LogP contribution in [0.1, 0.15) is 18.1 Å². The van der Waals surface area contributed by atoms with Gasteiger partial charge in [0.05, 0.1) is 0 Å². The van der Waals surface area contributed by atoms with Gasteiger partial charge in [-0.25, -0.2) is 9.97 Å². The van der Waals surface area contributed by atoms with E-state index in [1.165, 1.54) is 11.1 Å². The van der Waals surface area contributed by atoms with Crippen molar-refractivity contribution in [3.8, 4) is 0 Å². The molecule has 0 saturated carbocycles. The number of aryl methyl sites for hydroxylation is 2. The second kappa shape index (κ2) is 7.44. The van der Waals surface area contributed by atoms with Gasteiger partial charge in [-0.2, -0.15) is 9.97 Å². The predicted octanol–water partition coefficient (Wildman–Crippen LogP) is 2.92. The first-order valence-electron chi connectivity index (χ1n) is 9.44. The molecular formula is C20H25N7. The molecule has 140 valence electrons. The maximum Gasteiger partial charge on any atom is 0.229 e. The number of aromatic nitrogens is 4. The summed E-state index contributed by atoms with van der Waals surface area (Å²) < 4.78 is 0. The van der Waals surface area contributed by atoms with Crippen molar-refractivity contribution in [3.05, 3.63) is 41.7 Å². The number of hydrogen-bond acceptors (Lipinski definition) is 7. The van der Waals surface area contributed by atoms with Crippen LogP contribution in [0.3, 0.4) is 0 Å². The van der Waals surface area contributed by atoms with Gasteiger partial charge in [-0.05, 0) is 43.7 Å². The highest BCUT2D eigenvalue weighted by Gasteiger charge is 2.20. The maximum absolute atomic E-state index is 4.81. The SMILES string of the molecule is CCN1CCN(c2nc(Nc3ccc(C)c(C)c3)c3nccnc3n2)CC1. The number of anilines is 3. The number of piperazine rings is 1. The Bertz CT molecular complexity index is 948. The molecule has 7 heteroatoms. The normalized spacial score (nSPS) is 15.3. The first-order chi connectivity index (χ1) is 13.1. The van der Waals surface area contributed by atoms with Gasteiger partial charge in [-0.15, -0.1) is 0 Å². The molecule has 0 atom stereocenters. The summed E-state index contributed by atoms with van der Waals surface area (Å²) in [6, 6.07) is 6.29. The standard InChI is InChI=1S/C20H25N7/c1-4-26-9-11-27(12-10-26)20-24-18-17(21-7-8-22-18)19(25-20)23-16-6-5-14(2)15(3)13-16/h5-8,13H,4,9-12H2,1-3H3,(H,22,23,24,25). The van der Waals surface area contributed by atoms with E-state index in [1.807, 2.05) is 0 Å². The molecule has 1 fully saturated rings. The number of nitrogens with one attached hydrogen (secondary N) is 1. The number of rotatable bonds is 4. The summed E-state index contributed by atoms with van der Waals surface area (Å²) in [5, 5.41) is 3.42. The fraction of sp³-hybridized carbons (Fsp3) is 0.400. The summed E-state index contributed by atoms with van der Waals surface area (Å²) in [6.07, 6.45) is 3.35. The van der Waals surface area contributed by atoms with Gasteiger partial charge in [0.1, 0.15) is 0 Å². The minimum atomic E-state index is 0.617. The van der Waals surface area contributed by atoms with Crippen molar-refractivity contribution >= 4 is 28.6 Å². The lowest BCUT2D eigenvalue weighted by Gasteiger charge is -2.34. The van der Waals surface area contributed by atoms with E-state index < -0.39 is 0 Å². The average molecular weight is 363 g/mol. The van der Waals surface area contributed by atoms with Gasteiger partial charge in [0, 0.05) is 44.3 Å². The van der Waals surface area contributed by atoms with Gasteiger partial charge in [0.15, 0.2) is 17.0 Å². The molecule has 7 nitrogen and oxygen atoms in total. The highest BCUT2D eigenvalue weighted by Crippen LogP contribution is 2.25. The molecule has 1 saturated heterocycles. The third-order valence-corrected chi connectivity index (χ3v) is 5.19. The zero-order valence-electron chi connectivity index (χ0n) is 16.1. The van der Waals surface area contributed by atoms with E-state index in [0.29, 0.717) is 22.9 Å². The topological polar surface area (TPSA) is 70.1 Å². The number of fused-ring (bicyclic) bond motifs is 1. The average Bonchev–Trinajstić information content (AvgIpc) is 2.71. The number of nitrogens with zero attached hydrogens (tertiary/aromatic N) is 6. The second-order valence-electron chi connectivity index (χ2n) is 6.95. The predicted molar refractivity (Wildman–Crippen MR) is 109 cm³/mol. The lowest BCUT2D eigenvalue weighted by molar-refractivity contribution is 0.270. The lowest BCUT2D eigenvalue weighted by Crippen LogP contribution is -2.46. The summed E-state index contributed by atoms with van der Waals surface area (Å²) in [6.45, 7) is 11.4. The molecule has 1 aliphatic rings. The molecule has 4 rings (SSSR count). The smallest absolute Gasteiger partial charge is 0.229 e. The highest BCUT2D eigenvalue weighted by molar-refractivity contribution is 5.85. The van der Waals surface area contributed by atoms with Gasteiger partial charge >= 0.3 is 0 Å². The van der Waals surface area contributed by atoms with Crippen molar-refractivity contribution in [2.45, 2.75) is 20.8 Å². The Balaban J connectivity index is 1.69. The molecule has 3 heterocycles. The fourth-order valence-corrected chi connectivity index (χ4v) is 3.30. The van der Waals surface area contributed by atoms with Crippen LogP contribution < -0.4 is 10.2 Å². The molecule has 0 amide bonds. The molecule has 0 unspecified atom stereocenters. The Hall–Kier alpha value is -2.80. The molecule has 0 radical (unpaired) electrons. The Kier molecular flexibility index (Phi) is 4.85. The van der Waals surface area contributed by atoms with Crippen LogP contribution in [0.2, 0.25) is 0 Å². The molecule has 3 aromatic rings. The molecule has 1 N–H and O–H groups in total. The quantitative estimate of drug-likeness (QED) is 0.764. The molecule has 1 aliphatic heterocycles. The van der Waals surface area contributed by atoms with Crippen LogP contribution in [-0.4, -0.2) is 57.6 Å². The van der Waals surface area contributed by atoms with Crippen LogP contribution in [0, 0.1) is 13.8 Å². The minimum absolute atomic E-state index is 0.617. The monoisotopic (exact) mass is 363 g/mol. The summed E-state index contributed by atoms with van der Waals surface area (Å²) in [4.78, 5) is 23.0. The van der Waals surface area contributed by atoms with E-state index in [2.05, 4.69) is 69.0 Å². The number of benzene rings is 1. The first kappa shape index (κ1) is 17.6. The zero-order valence-corrected chi connectivity index (χ0v) is 16.1. The lowest BCUT2D eigenvalue weighted by atomic mass is 10.1. The van der Waals surface area contributed by atoms with Crippen molar-refractivity contribution in [1.29, 1.82) is 0 Å². The zero-order chi connectivity index (χ0) is 18.8. The van der Waals surface area contributed by atoms with Crippen LogP contribution in [-0.2, 0) is 0 Å². The molecule has 1 aromatic carbocycles. The molecule has 0 aliphatic carbocycles. The van der Waals surface area contributed by atoms with E-state index in [4.69, 9.17) is 4.98 Å². The highest BCUT2D eigenvalue weighted by atomic mass is 15.3. The Morgan fingerprint density at radius 3 is 2.48 bits per heavy atom. The van der Waals surface area contributed by atoms with Gasteiger partial charge < -0.3 is 15.1 Å². The Labute approximate surface area is 159 Å². The second-order valence-corrected chi connectivity index (χ2v) is 6.95. The molecular weight excluding hydrogens is 338 g/mol. The van der Waals surface area contributed by atoms with Crippen molar-refractivity contribution in [2.75, 3.05) is 42.9 Å². The largest absolute Gasteiger partial charge is 0.338 e. The van der Waals surface area contributed by atoms with Gasteiger partial charge in [0.2, 0.25) is 5.95 Å². The van der Waals surface area contributed by atoms with Crippen molar-refractivity contribution in [1.82, 2.24) is 24.8 Å². The van der Waals surface area contributed by atoms with Crippen LogP contribution in [0.5, 0.6) is 0 Å². The molecule has 0 spiro atoms. The number of hydrogen-bond donors (Lipinski definition) is 1. The Morgan fingerprint density at radius 1 is 0.963 bits per heavy atom. The summed E-state index contributed by atoms with van der Waals surface area (Å²) in [5.74, 6) is 1.41. The van der Waals surface area contributed by atoms with Gasteiger partial charge in [-0.3, -0.25) is 0 Å². The van der Waals surface area contributed by atoms with Crippen LogP contribution in [0.15, 0.2) is 30.6 Å². The Morgan fingerprint density at radius 2 is 1.74 bits per heavy atom. The van der Waals surface area contributed by atoms with Crippen LogP contribution in [0.25, 0.3) is 11.2 Å². The summed E-state index contributed by atoms with van der Waals surface area (Å²) >= 11 is 0. The number of likely N-dealkylation sites (N-methyl/N-ethyl adjacent to an activating group) is 1. The van der Waals surface area contributed by atoms with Gasteiger partial charge in [0.25, 0.3) is 0 Å². The third-order valence-electron chi connectivity index (χ3n) is 5.19. The van der Waals surface area contributed by atoms with Crippen molar-refractivity contribution in [2.24, 2.45) is 0 Å². The van der Waals surface area contributed by atoms with Crippen molar-refractivity contribution < 1.29 is 0 Å². The molecule has 2 aromatic heterocycles. The maximum atomic E-state index is 4.81. The summed E-state index contributed by atoms with van der Waals surface area (Å²) in [7, 11) is 0. The molecule has 27 heavy (non-hydrogen) atoms. The fourth-order valence-electron chi connectivity index (χ4n) is 3.30.